The van der Waals surface area contributed by atoms with Crippen molar-refractivity contribution in [3.63, 3.8) is 0 Å². The largest absolute Gasteiger partial charge is 0.235 e. The van der Waals surface area contributed by atoms with E-state index in [0.717, 1.165) is 23.0 Å². The number of hydrogen-bond acceptors (Lipinski definition) is 5. The van der Waals surface area contributed by atoms with Gasteiger partial charge in [0.15, 0.2) is 10.2 Å². The van der Waals surface area contributed by atoms with Crippen LogP contribution in [0.5, 0.6) is 0 Å². The molecule has 15 heavy (non-hydrogen) atoms. The zero-order valence-electron chi connectivity index (χ0n) is 8.05. The molecule has 2 aromatic heterocycles. The van der Waals surface area contributed by atoms with E-state index in [9.17, 15) is 0 Å². The highest BCUT2D eigenvalue weighted by atomic mass is 35.5. The molecule has 0 fully saturated rings. The van der Waals surface area contributed by atoms with Crippen molar-refractivity contribution in [1.29, 1.82) is 0 Å². The van der Waals surface area contributed by atoms with E-state index in [1.807, 2.05) is 0 Å². The number of halogens is 1. The lowest BCUT2D eigenvalue weighted by Crippen LogP contribution is -1.90. The minimum absolute atomic E-state index is 0.686. The summed E-state index contributed by atoms with van der Waals surface area (Å²) in [5.41, 5.74) is 0. The van der Waals surface area contributed by atoms with Crippen molar-refractivity contribution in [2.75, 3.05) is 0 Å². The lowest BCUT2D eigenvalue weighted by Gasteiger charge is -1.92. The summed E-state index contributed by atoms with van der Waals surface area (Å²) in [6.45, 7) is 2.11. The molecular weight excluding hydrogens is 252 g/mol. The van der Waals surface area contributed by atoms with Gasteiger partial charge in [0.2, 0.25) is 0 Å². The maximum Gasteiger partial charge on any atom is 0.173 e. The third-order valence-electron chi connectivity index (χ3n) is 1.62. The Labute approximate surface area is 101 Å². The first-order valence-corrected chi connectivity index (χ1v) is 6.45. The van der Waals surface area contributed by atoms with Gasteiger partial charge in [-0.25, -0.2) is 9.97 Å². The van der Waals surface area contributed by atoms with Crippen LogP contribution in [0.1, 0.15) is 19.2 Å². The quantitative estimate of drug-likeness (QED) is 0.848. The molecule has 0 aliphatic heterocycles. The number of aryl methyl sites for hydroxylation is 1. The maximum atomic E-state index is 5.78. The molecule has 0 N–H and O–H groups in total. The molecule has 0 bridgehead atoms. The Balaban J connectivity index is 2.04. The van der Waals surface area contributed by atoms with Crippen LogP contribution < -0.4 is 0 Å². The standard InChI is InChI=1S/C8H9ClN4S2/c1-2-3-7-11-5-13(12-7)15-8-10-4-6(9)14-8/h4-5H,2-3H2,1H3. The van der Waals surface area contributed by atoms with Crippen molar-refractivity contribution in [3.8, 4) is 0 Å². The lowest BCUT2D eigenvalue weighted by atomic mass is 10.3. The summed E-state index contributed by atoms with van der Waals surface area (Å²) in [7, 11) is 0. The predicted molar refractivity (Wildman–Crippen MR) is 62.4 cm³/mol. The molecule has 2 aromatic rings. The first-order chi connectivity index (χ1) is 7.28. The topological polar surface area (TPSA) is 43.6 Å². The smallest absolute Gasteiger partial charge is 0.173 e. The summed E-state index contributed by atoms with van der Waals surface area (Å²) in [4.78, 5) is 8.31. The lowest BCUT2D eigenvalue weighted by molar-refractivity contribution is 0.831. The Morgan fingerprint density at radius 2 is 2.40 bits per heavy atom. The number of rotatable bonds is 4. The van der Waals surface area contributed by atoms with E-state index in [1.54, 1.807) is 16.6 Å². The number of hydrogen-bond donors (Lipinski definition) is 0. The van der Waals surface area contributed by atoms with Crippen molar-refractivity contribution >= 4 is 34.9 Å². The van der Waals surface area contributed by atoms with Gasteiger partial charge in [-0.3, -0.25) is 0 Å². The molecule has 2 rings (SSSR count). The molecule has 0 radical (unpaired) electrons. The van der Waals surface area contributed by atoms with Crippen LogP contribution in [0.15, 0.2) is 16.9 Å². The molecule has 0 unspecified atom stereocenters. The molecule has 0 atom stereocenters. The van der Waals surface area contributed by atoms with Crippen molar-refractivity contribution in [3.05, 3.63) is 22.7 Å². The van der Waals surface area contributed by atoms with E-state index in [4.69, 9.17) is 11.6 Å². The Bertz CT molecular complexity index is 439. The van der Waals surface area contributed by atoms with Crippen molar-refractivity contribution in [2.24, 2.45) is 0 Å². The number of thiazole rings is 1. The second-order valence-corrected chi connectivity index (χ2v) is 5.70. The fourth-order valence-electron chi connectivity index (χ4n) is 1.03. The SMILES string of the molecule is CCCc1ncn(Sc2ncc(Cl)s2)n1. The molecule has 4 nitrogen and oxygen atoms in total. The van der Waals surface area contributed by atoms with Gasteiger partial charge in [0, 0.05) is 18.4 Å². The summed E-state index contributed by atoms with van der Waals surface area (Å²) in [6.07, 6.45) is 5.30. The van der Waals surface area contributed by atoms with Gasteiger partial charge in [0.1, 0.15) is 10.7 Å². The van der Waals surface area contributed by atoms with Crippen LogP contribution in [0.3, 0.4) is 0 Å². The maximum absolute atomic E-state index is 5.78. The molecular formula is C8H9ClN4S2. The highest BCUT2D eigenvalue weighted by Crippen LogP contribution is 2.27. The van der Waals surface area contributed by atoms with Crippen LogP contribution in [-0.2, 0) is 6.42 Å². The van der Waals surface area contributed by atoms with E-state index in [0.29, 0.717) is 4.34 Å². The van der Waals surface area contributed by atoms with Gasteiger partial charge >= 0.3 is 0 Å². The van der Waals surface area contributed by atoms with E-state index in [-0.39, 0.29) is 0 Å². The molecule has 0 saturated carbocycles. The number of aromatic nitrogens is 4. The van der Waals surface area contributed by atoms with Crippen LogP contribution in [0.2, 0.25) is 4.34 Å². The molecule has 0 aliphatic rings. The van der Waals surface area contributed by atoms with Crippen LogP contribution in [0.25, 0.3) is 0 Å². The summed E-state index contributed by atoms with van der Waals surface area (Å²) in [6, 6.07) is 0. The Kier molecular flexibility index (Phi) is 3.61. The van der Waals surface area contributed by atoms with Gasteiger partial charge in [-0.05, 0) is 6.42 Å². The average molecular weight is 261 g/mol. The predicted octanol–water partition coefficient (Wildman–Crippen LogP) is 2.90. The van der Waals surface area contributed by atoms with Gasteiger partial charge in [-0.1, -0.05) is 29.9 Å². The highest BCUT2D eigenvalue weighted by Gasteiger charge is 2.05. The first kappa shape index (κ1) is 10.9. The Hall–Kier alpha value is -0.590. The summed E-state index contributed by atoms with van der Waals surface area (Å²) in [5.74, 6) is 0.868. The zero-order valence-corrected chi connectivity index (χ0v) is 10.4. The second-order valence-electron chi connectivity index (χ2n) is 2.83. The molecule has 0 aliphatic carbocycles. The average Bonchev–Trinajstić information content (AvgIpc) is 2.78. The van der Waals surface area contributed by atoms with Gasteiger partial charge in [-0.15, -0.1) is 5.10 Å². The van der Waals surface area contributed by atoms with Crippen LogP contribution in [0, 0.1) is 0 Å². The van der Waals surface area contributed by atoms with Crippen molar-refractivity contribution in [1.82, 2.24) is 19.2 Å². The summed E-state index contributed by atoms with van der Waals surface area (Å²) in [5, 5.41) is 4.30. The Morgan fingerprint density at radius 1 is 1.53 bits per heavy atom. The van der Waals surface area contributed by atoms with Crippen LogP contribution in [0.4, 0.5) is 0 Å². The molecule has 0 amide bonds. The fraction of sp³-hybridized carbons (Fsp3) is 0.375. The van der Waals surface area contributed by atoms with E-state index in [2.05, 4.69) is 22.0 Å². The molecule has 0 spiro atoms. The van der Waals surface area contributed by atoms with E-state index in [1.165, 1.54) is 23.3 Å². The van der Waals surface area contributed by atoms with Gasteiger partial charge in [0.05, 0.1) is 6.20 Å². The third-order valence-corrected chi connectivity index (χ3v) is 3.63. The van der Waals surface area contributed by atoms with Crippen LogP contribution >= 0.6 is 34.9 Å². The molecule has 2 heterocycles. The van der Waals surface area contributed by atoms with E-state index >= 15 is 0 Å². The molecule has 0 saturated heterocycles. The zero-order chi connectivity index (χ0) is 10.7. The normalized spacial score (nSPS) is 10.8. The van der Waals surface area contributed by atoms with Gasteiger partial charge in [-0.2, -0.15) is 4.09 Å². The van der Waals surface area contributed by atoms with Gasteiger partial charge in [0.25, 0.3) is 0 Å². The second kappa shape index (κ2) is 4.96. The van der Waals surface area contributed by atoms with Crippen molar-refractivity contribution < 1.29 is 0 Å². The first-order valence-electron chi connectivity index (χ1n) is 4.48. The van der Waals surface area contributed by atoms with E-state index < -0.39 is 0 Å². The molecule has 80 valence electrons. The fourth-order valence-corrected chi connectivity index (χ4v) is 2.95. The minimum Gasteiger partial charge on any atom is -0.235 e. The summed E-state index contributed by atoms with van der Waals surface area (Å²) < 4.78 is 3.26. The number of nitrogens with zero attached hydrogens (tertiary/aromatic N) is 4. The van der Waals surface area contributed by atoms with Crippen LogP contribution in [-0.4, -0.2) is 19.2 Å². The molecule has 0 aromatic carbocycles. The third kappa shape index (κ3) is 2.93. The monoisotopic (exact) mass is 260 g/mol. The summed E-state index contributed by atoms with van der Waals surface area (Å²) >= 11 is 8.63. The highest BCUT2D eigenvalue weighted by molar-refractivity contribution is 7.99. The Morgan fingerprint density at radius 3 is 3.07 bits per heavy atom. The van der Waals surface area contributed by atoms with Crippen molar-refractivity contribution in [2.45, 2.75) is 24.1 Å². The minimum atomic E-state index is 0.686. The van der Waals surface area contributed by atoms with Gasteiger partial charge < -0.3 is 0 Å². The molecule has 7 heteroatoms.